The van der Waals surface area contributed by atoms with Crippen molar-refractivity contribution >= 4 is 40.9 Å². The predicted octanol–water partition coefficient (Wildman–Crippen LogP) is 7.09. The summed E-state index contributed by atoms with van der Waals surface area (Å²) in [6.07, 6.45) is -2.54. The smallest absolute Gasteiger partial charge is 0.433 e. The third-order valence-electron chi connectivity index (χ3n) is 8.46. The third-order valence-corrected chi connectivity index (χ3v) is 9.06. The van der Waals surface area contributed by atoms with Gasteiger partial charge in [-0.05, 0) is 75.0 Å². The number of carbonyl (C=O) groups excluding carboxylic acids is 2. The lowest BCUT2D eigenvalue weighted by Gasteiger charge is -2.34. The SMILES string of the molecule is Cc1cc(Cl)c(C(=O)CN(C[C@@H]2CC2(C)C)C(=O)c2cnn([C@H]3CC[C@](C)(C(=O)O)CC3)c2C(F)(F)F)c(Cl)c1. The van der Waals surface area contributed by atoms with Gasteiger partial charge in [-0.1, -0.05) is 37.0 Å². The van der Waals surface area contributed by atoms with E-state index in [1.165, 1.54) is 0 Å². The summed E-state index contributed by atoms with van der Waals surface area (Å²) in [5.74, 6) is -2.52. The number of Topliss-reactive ketones (excluding diaryl/α,β-unsaturated/α-hetero) is 1. The Balaban J connectivity index is 1.67. The highest BCUT2D eigenvalue weighted by atomic mass is 35.5. The molecule has 1 N–H and O–H groups in total. The average Bonchev–Trinajstić information content (AvgIpc) is 3.21. The molecular formula is C28H32Cl2F3N3O4. The lowest BCUT2D eigenvalue weighted by atomic mass is 9.74. The van der Waals surface area contributed by atoms with Crippen LogP contribution in [-0.2, 0) is 11.0 Å². The van der Waals surface area contributed by atoms with Crippen LogP contribution in [0.2, 0.25) is 10.0 Å². The molecule has 1 amide bonds. The lowest BCUT2D eigenvalue weighted by molar-refractivity contribution is -0.152. The molecule has 7 nitrogen and oxygen atoms in total. The van der Waals surface area contributed by atoms with Gasteiger partial charge in [0.25, 0.3) is 5.91 Å². The topological polar surface area (TPSA) is 92.5 Å². The van der Waals surface area contributed by atoms with E-state index in [0.717, 1.165) is 27.8 Å². The number of carboxylic acid groups (broad SMARTS) is 1. The zero-order valence-electron chi connectivity index (χ0n) is 22.7. The molecule has 0 bridgehead atoms. The van der Waals surface area contributed by atoms with E-state index in [-0.39, 0.29) is 59.2 Å². The quantitative estimate of drug-likeness (QED) is 0.326. The number of ketones is 1. The Hall–Kier alpha value is -2.59. The molecule has 4 rings (SSSR count). The number of aryl methyl sites for hydroxylation is 1. The zero-order valence-corrected chi connectivity index (χ0v) is 24.3. The molecule has 0 radical (unpaired) electrons. The van der Waals surface area contributed by atoms with Gasteiger partial charge in [0.2, 0.25) is 0 Å². The predicted molar refractivity (Wildman–Crippen MR) is 144 cm³/mol. The fourth-order valence-corrected chi connectivity index (χ4v) is 6.35. The van der Waals surface area contributed by atoms with E-state index in [1.807, 2.05) is 13.8 Å². The van der Waals surface area contributed by atoms with Crippen molar-refractivity contribution < 1.29 is 32.7 Å². The highest BCUT2D eigenvalue weighted by Crippen LogP contribution is 2.52. The van der Waals surface area contributed by atoms with Crippen LogP contribution in [0.25, 0.3) is 0 Å². The summed E-state index contributed by atoms with van der Waals surface area (Å²) < 4.78 is 44.1. The van der Waals surface area contributed by atoms with Gasteiger partial charge in [0.15, 0.2) is 11.5 Å². The highest BCUT2D eigenvalue weighted by Gasteiger charge is 2.49. The van der Waals surface area contributed by atoms with Crippen molar-refractivity contribution in [2.45, 2.75) is 72.0 Å². The van der Waals surface area contributed by atoms with Gasteiger partial charge in [0.1, 0.15) is 0 Å². The molecule has 2 fully saturated rings. The maximum Gasteiger partial charge on any atom is 0.433 e. The standard InChI is InChI=1S/C28H32Cl2F3N3O4/c1-15-9-19(29)22(20(30)10-15)21(37)14-35(13-16-11-26(16,2)3)24(38)18-12-34-36(23(18)28(31,32)33)17-5-7-27(4,8-6-17)25(39)40/h9-10,12,16-17H,5-8,11,13-14H2,1-4H3,(H,39,40)/t16-,17-,27-/m0/s1. The number of hydrogen-bond donors (Lipinski definition) is 1. The van der Waals surface area contributed by atoms with Crippen molar-refractivity contribution in [3.05, 3.63) is 50.8 Å². The van der Waals surface area contributed by atoms with Crippen molar-refractivity contribution in [2.24, 2.45) is 16.7 Å². The molecule has 1 heterocycles. The molecule has 1 aromatic heterocycles. The molecule has 1 atom stereocenters. The molecule has 2 saturated carbocycles. The minimum atomic E-state index is -4.91. The van der Waals surface area contributed by atoms with Gasteiger partial charge in [-0.2, -0.15) is 18.3 Å². The van der Waals surface area contributed by atoms with Gasteiger partial charge in [0, 0.05) is 6.54 Å². The van der Waals surface area contributed by atoms with Gasteiger partial charge < -0.3 is 10.0 Å². The zero-order chi connectivity index (χ0) is 29.8. The fourth-order valence-electron chi connectivity index (χ4n) is 5.54. The summed E-state index contributed by atoms with van der Waals surface area (Å²) in [7, 11) is 0. The largest absolute Gasteiger partial charge is 0.481 e. The van der Waals surface area contributed by atoms with Crippen molar-refractivity contribution in [3.63, 3.8) is 0 Å². The van der Waals surface area contributed by atoms with Gasteiger partial charge >= 0.3 is 12.1 Å². The number of carbonyl (C=O) groups is 3. The second-order valence-corrected chi connectivity index (χ2v) is 12.9. The molecule has 12 heteroatoms. The minimum absolute atomic E-state index is 0.00429. The van der Waals surface area contributed by atoms with E-state index in [9.17, 15) is 32.7 Å². The number of aliphatic carboxylic acids is 1. The number of nitrogens with zero attached hydrogens (tertiary/aromatic N) is 3. The second-order valence-electron chi connectivity index (χ2n) is 12.0. The number of benzene rings is 1. The van der Waals surface area contributed by atoms with Gasteiger partial charge in [-0.25, -0.2) is 0 Å². The molecule has 2 aromatic rings. The first-order valence-electron chi connectivity index (χ1n) is 13.1. The third kappa shape index (κ3) is 6.03. The van der Waals surface area contributed by atoms with Crippen LogP contribution in [0.15, 0.2) is 18.3 Å². The fraction of sp³-hybridized carbons (Fsp3) is 0.571. The van der Waals surface area contributed by atoms with Crippen LogP contribution in [0.1, 0.15) is 90.9 Å². The van der Waals surface area contributed by atoms with E-state index in [2.05, 4.69) is 5.10 Å². The molecule has 2 aliphatic carbocycles. The van der Waals surface area contributed by atoms with Crippen molar-refractivity contribution in [1.82, 2.24) is 14.7 Å². The first-order chi connectivity index (χ1) is 18.4. The molecule has 218 valence electrons. The Kier molecular flexibility index (Phi) is 8.10. The van der Waals surface area contributed by atoms with Crippen molar-refractivity contribution in [3.8, 4) is 0 Å². The first-order valence-corrected chi connectivity index (χ1v) is 13.9. The number of aromatic nitrogens is 2. The number of hydrogen-bond acceptors (Lipinski definition) is 4. The minimum Gasteiger partial charge on any atom is -0.481 e. The summed E-state index contributed by atoms with van der Waals surface area (Å²) in [5.41, 5.74) is -2.23. The Morgan fingerprint density at radius 1 is 1.12 bits per heavy atom. The Morgan fingerprint density at radius 2 is 1.68 bits per heavy atom. The first kappa shape index (κ1) is 30.4. The van der Waals surface area contributed by atoms with Gasteiger partial charge in [0.05, 0.1) is 45.4 Å². The van der Waals surface area contributed by atoms with Crippen LogP contribution in [0.3, 0.4) is 0 Å². The van der Waals surface area contributed by atoms with Gasteiger partial charge in [-0.3, -0.25) is 19.1 Å². The summed E-state index contributed by atoms with van der Waals surface area (Å²) in [5, 5.41) is 13.7. The normalized spacial score (nSPS) is 24.0. The number of alkyl halides is 3. The number of amides is 1. The van der Waals surface area contributed by atoms with Crippen LogP contribution in [-0.4, -0.2) is 50.5 Å². The molecule has 0 unspecified atom stereocenters. The number of rotatable bonds is 8. The van der Waals surface area contributed by atoms with Crippen LogP contribution >= 0.6 is 23.2 Å². The monoisotopic (exact) mass is 601 g/mol. The number of carboxylic acids is 1. The second kappa shape index (κ2) is 10.7. The van der Waals surface area contributed by atoms with Crippen molar-refractivity contribution in [1.29, 1.82) is 0 Å². The maximum absolute atomic E-state index is 14.4. The molecule has 0 saturated heterocycles. The van der Waals surface area contributed by atoms with Crippen LogP contribution in [0, 0.1) is 23.7 Å². The van der Waals surface area contributed by atoms with E-state index in [1.54, 1.807) is 26.0 Å². The lowest BCUT2D eigenvalue weighted by Crippen LogP contribution is -2.39. The van der Waals surface area contributed by atoms with Gasteiger partial charge in [-0.15, -0.1) is 0 Å². The van der Waals surface area contributed by atoms with E-state index >= 15 is 0 Å². The Bertz CT molecular complexity index is 1320. The average molecular weight is 602 g/mol. The van der Waals surface area contributed by atoms with E-state index in [4.69, 9.17) is 23.2 Å². The molecule has 0 aliphatic heterocycles. The molecule has 40 heavy (non-hydrogen) atoms. The molecule has 2 aliphatic rings. The van der Waals surface area contributed by atoms with Crippen molar-refractivity contribution in [2.75, 3.05) is 13.1 Å². The van der Waals surface area contributed by atoms with Crippen LogP contribution in [0.4, 0.5) is 13.2 Å². The highest BCUT2D eigenvalue weighted by molar-refractivity contribution is 6.40. The summed E-state index contributed by atoms with van der Waals surface area (Å²) in [6.45, 7) is 6.89. The summed E-state index contributed by atoms with van der Waals surface area (Å²) >= 11 is 12.6. The summed E-state index contributed by atoms with van der Waals surface area (Å²) in [4.78, 5) is 39.8. The van der Waals surface area contributed by atoms with Crippen LogP contribution < -0.4 is 0 Å². The molecular weight excluding hydrogens is 570 g/mol. The van der Waals surface area contributed by atoms with Crippen LogP contribution in [0.5, 0.6) is 0 Å². The molecule has 0 spiro atoms. The van der Waals surface area contributed by atoms with E-state index < -0.39 is 53.1 Å². The summed E-state index contributed by atoms with van der Waals surface area (Å²) in [6, 6.07) is 2.40. The Morgan fingerprint density at radius 3 is 2.15 bits per heavy atom. The van der Waals surface area contributed by atoms with E-state index in [0.29, 0.717) is 0 Å². The Labute approximate surface area is 240 Å². The molecule has 1 aromatic carbocycles. The number of halogens is 5. The maximum atomic E-state index is 14.4.